The molecule has 0 aliphatic heterocycles. The number of anilines is 1. The molecule has 3 rings (SSSR count). The van der Waals surface area contributed by atoms with Gasteiger partial charge in [0.1, 0.15) is 6.10 Å². The Bertz CT molecular complexity index is 792. The van der Waals surface area contributed by atoms with Gasteiger partial charge in [0.2, 0.25) is 11.8 Å². The molecule has 1 heterocycles. The highest BCUT2D eigenvalue weighted by molar-refractivity contribution is 5.99. The molecule has 0 unspecified atom stereocenters. The number of rotatable bonds is 6. The van der Waals surface area contributed by atoms with Crippen LogP contribution in [-0.2, 0) is 4.79 Å². The summed E-state index contributed by atoms with van der Waals surface area (Å²) in [7, 11) is 0. The molecule has 2 N–H and O–H groups in total. The highest BCUT2D eigenvalue weighted by atomic mass is 16.5. The molecule has 0 bridgehead atoms. The Hall–Kier alpha value is -2.89. The number of benzene rings is 1. The van der Waals surface area contributed by atoms with E-state index in [9.17, 15) is 9.59 Å². The van der Waals surface area contributed by atoms with Crippen LogP contribution in [0, 0.1) is 13.8 Å². The number of amides is 2. The van der Waals surface area contributed by atoms with E-state index in [4.69, 9.17) is 4.74 Å². The second-order valence-corrected chi connectivity index (χ2v) is 6.91. The summed E-state index contributed by atoms with van der Waals surface area (Å²) in [5.41, 5.74) is 3.15. The summed E-state index contributed by atoms with van der Waals surface area (Å²) in [6, 6.07) is 9.17. The van der Waals surface area contributed by atoms with Gasteiger partial charge in [0, 0.05) is 18.0 Å². The summed E-state index contributed by atoms with van der Waals surface area (Å²) in [5.74, 6) is -0.0762. The second kappa shape index (κ2) is 8.66. The van der Waals surface area contributed by atoms with Gasteiger partial charge < -0.3 is 15.4 Å². The third kappa shape index (κ3) is 5.06. The average molecular weight is 367 g/mol. The first kappa shape index (κ1) is 18.9. The molecule has 27 heavy (non-hydrogen) atoms. The molecule has 6 nitrogen and oxygen atoms in total. The first-order valence-electron chi connectivity index (χ1n) is 9.30. The van der Waals surface area contributed by atoms with E-state index in [2.05, 4.69) is 15.6 Å². The summed E-state index contributed by atoms with van der Waals surface area (Å²) in [6.45, 7) is 3.76. The minimum atomic E-state index is -0.341. The molecule has 0 radical (unpaired) electrons. The lowest BCUT2D eigenvalue weighted by atomic mass is 10.1. The third-order valence-corrected chi connectivity index (χ3v) is 4.74. The van der Waals surface area contributed by atoms with E-state index < -0.39 is 0 Å². The van der Waals surface area contributed by atoms with Gasteiger partial charge in [-0.2, -0.15) is 0 Å². The smallest absolute Gasteiger partial charge is 0.253 e. The monoisotopic (exact) mass is 367 g/mol. The highest BCUT2D eigenvalue weighted by Crippen LogP contribution is 2.23. The Kier molecular flexibility index (Phi) is 6.06. The fourth-order valence-corrected chi connectivity index (χ4v) is 3.22. The van der Waals surface area contributed by atoms with Gasteiger partial charge in [0.05, 0.1) is 12.1 Å². The van der Waals surface area contributed by atoms with Crippen LogP contribution in [0.4, 0.5) is 5.69 Å². The Morgan fingerprint density at radius 3 is 2.44 bits per heavy atom. The van der Waals surface area contributed by atoms with Crippen LogP contribution in [0.25, 0.3) is 0 Å². The fourth-order valence-electron chi connectivity index (χ4n) is 3.22. The summed E-state index contributed by atoms with van der Waals surface area (Å²) in [5, 5.41) is 5.46. The molecule has 0 spiro atoms. The van der Waals surface area contributed by atoms with Crippen LogP contribution in [0.2, 0.25) is 0 Å². The van der Waals surface area contributed by atoms with E-state index >= 15 is 0 Å². The van der Waals surface area contributed by atoms with E-state index in [0.717, 1.165) is 29.7 Å². The molecule has 1 aromatic carbocycles. The second-order valence-electron chi connectivity index (χ2n) is 6.91. The zero-order valence-corrected chi connectivity index (χ0v) is 15.7. The SMILES string of the molecule is Cc1cccc(C)c1NC(=O)CNC(=O)c1ccc(OC2CCCC2)nc1. The van der Waals surface area contributed by atoms with E-state index in [1.807, 2.05) is 32.0 Å². The van der Waals surface area contributed by atoms with Crippen molar-refractivity contribution in [3.05, 3.63) is 53.2 Å². The van der Waals surface area contributed by atoms with Crippen LogP contribution in [-0.4, -0.2) is 29.4 Å². The molecular weight excluding hydrogens is 342 g/mol. The van der Waals surface area contributed by atoms with Crippen molar-refractivity contribution in [2.75, 3.05) is 11.9 Å². The van der Waals surface area contributed by atoms with Gasteiger partial charge in [-0.25, -0.2) is 4.98 Å². The number of carbonyl (C=O) groups excluding carboxylic acids is 2. The largest absolute Gasteiger partial charge is 0.474 e. The zero-order valence-electron chi connectivity index (χ0n) is 15.7. The van der Waals surface area contributed by atoms with Crippen molar-refractivity contribution in [3.8, 4) is 5.88 Å². The van der Waals surface area contributed by atoms with Crippen LogP contribution in [0.3, 0.4) is 0 Å². The van der Waals surface area contributed by atoms with Crippen molar-refractivity contribution in [1.82, 2.24) is 10.3 Å². The van der Waals surface area contributed by atoms with E-state index in [1.165, 1.54) is 19.0 Å². The number of para-hydroxylation sites is 1. The number of nitrogens with one attached hydrogen (secondary N) is 2. The normalized spacial score (nSPS) is 14.0. The molecule has 2 aromatic rings. The number of pyridine rings is 1. The fraction of sp³-hybridized carbons (Fsp3) is 0.381. The van der Waals surface area contributed by atoms with E-state index in [-0.39, 0.29) is 24.5 Å². The van der Waals surface area contributed by atoms with Crippen molar-refractivity contribution >= 4 is 17.5 Å². The molecule has 1 saturated carbocycles. The summed E-state index contributed by atoms with van der Waals surface area (Å²) >= 11 is 0. The number of ether oxygens (including phenoxy) is 1. The molecule has 142 valence electrons. The van der Waals surface area contributed by atoms with Gasteiger partial charge in [-0.1, -0.05) is 18.2 Å². The number of aromatic nitrogens is 1. The Morgan fingerprint density at radius 2 is 1.81 bits per heavy atom. The van der Waals surface area contributed by atoms with Crippen molar-refractivity contribution < 1.29 is 14.3 Å². The number of hydrogen-bond donors (Lipinski definition) is 2. The number of carbonyl (C=O) groups is 2. The van der Waals surface area contributed by atoms with Crippen molar-refractivity contribution in [2.45, 2.75) is 45.6 Å². The first-order chi connectivity index (χ1) is 13.0. The average Bonchev–Trinajstić information content (AvgIpc) is 3.16. The third-order valence-electron chi connectivity index (χ3n) is 4.74. The zero-order chi connectivity index (χ0) is 19.2. The molecule has 1 aliphatic carbocycles. The number of aryl methyl sites for hydroxylation is 2. The molecule has 6 heteroatoms. The topological polar surface area (TPSA) is 80.3 Å². The highest BCUT2D eigenvalue weighted by Gasteiger charge is 2.17. The maximum atomic E-state index is 12.2. The Morgan fingerprint density at radius 1 is 1.11 bits per heavy atom. The summed E-state index contributed by atoms with van der Waals surface area (Å²) in [6.07, 6.45) is 6.19. The molecular formula is C21H25N3O3. The van der Waals surface area contributed by atoms with Crippen molar-refractivity contribution in [2.24, 2.45) is 0 Å². The quantitative estimate of drug-likeness (QED) is 0.820. The van der Waals surface area contributed by atoms with Crippen LogP contribution >= 0.6 is 0 Å². The van der Waals surface area contributed by atoms with Crippen molar-refractivity contribution in [3.63, 3.8) is 0 Å². The Labute approximate surface area is 159 Å². The van der Waals surface area contributed by atoms with Gasteiger partial charge in [-0.15, -0.1) is 0 Å². The van der Waals surface area contributed by atoms with Crippen LogP contribution in [0.1, 0.15) is 47.2 Å². The van der Waals surface area contributed by atoms with Crippen molar-refractivity contribution in [1.29, 1.82) is 0 Å². The van der Waals surface area contributed by atoms with Gasteiger partial charge in [0.15, 0.2) is 0 Å². The number of hydrogen-bond acceptors (Lipinski definition) is 4. The standard InChI is InChI=1S/C21H25N3O3/c1-14-6-5-7-15(2)20(14)24-18(25)13-23-21(26)16-10-11-19(22-12-16)27-17-8-3-4-9-17/h5-7,10-12,17H,3-4,8-9,13H2,1-2H3,(H,23,26)(H,24,25). The lowest BCUT2D eigenvalue weighted by Crippen LogP contribution is -2.33. The predicted molar refractivity (Wildman–Crippen MR) is 104 cm³/mol. The summed E-state index contributed by atoms with van der Waals surface area (Å²) < 4.78 is 5.79. The molecule has 1 fully saturated rings. The predicted octanol–water partition coefficient (Wildman–Crippen LogP) is 3.39. The van der Waals surface area contributed by atoms with Gasteiger partial charge in [0.25, 0.3) is 5.91 Å². The van der Waals surface area contributed by atoms with Gasteiger partial charge in [-0.3, -0.25) is 9.59 Å². The van der Waals surface area contributed by atoms with Crippen LogP contribution in [0.5, 0.6) is 5.88 Å². The molecule has 0 atom stereocenters. The lowest BCUT2D eigenvalue weighted by Gasteiger charge is -2.13. The molecule has 2 amide bonds. The first-order valence-corrected chi connectivity index (χ1v) is 9.30. The van der Waals surface area contributed by atoms with Gasteiger partial charge in [-0.05, 0) is 56.7 Å². The minimum absolute atomic E-state index is 0.104. The summed E-state index contributed by atoms with van der Waals surface area (Å²) in [4.78, 5) is 28.6. The van der Waals surface area contributed by atoms with Crippen LogP contribution in [0.15, 0.2) is 36.5 Å². The lowest BCUT2D eigenvalue weighted by molar-refractivity contribution is -0.115. The molecule has 0 saturated heterocycles. The Balaban J connectivity index is 1.50. The molecule has 1 aromatic heterocycles. The van der Waals surface area contributed by atoms with Gasteiger partial charge >= 0.3 is 0 Å². The molecule has 1 aliphatic rings. The minimum Gasteiger partial charge on any atom is -0.474 e. The van der Waals surface area contributed by atoms with E-state index in [0.29, 0.717) is 11.4 Å². The maximum Gasteiger partial charge on any atom is 0.253 e. The maximum absolute atomic E-state index is 12.2. The number of nitrogens with zero attached hydrogens (tertiary/aromatic N) is 1. The van der Waals surface area contributed by atoms with Crippen LogP contribution < -0.4 is 15.4 Å². The van der Waals surface area contributed by atoms with E-state index in [1.54, 1.807) is 12.1 Å².